The Bertz CT molecular complexity index is 792. The fourth-order valence-electron chi connectivity index (χ4n) is 1.51. The molecule has 0 atom stereocenters. The predicted molar refractivity (Wildman–Crippen MR) is 81.7 cm³/mol. The molecule has 11 heteroatoms. The van der Waals surface area contributed by atoms with Gasteiger partial charge >= 0.3 is 0 Å². The van der Waals surface area contributed by atoms with Crippen molar-refractivity contribution >= 4 is 50.9 Å². The standard InChI is InChI=1S/C10H10Cl2N4O3S2/c1-16-10(20-2)13-9(14-16)15-21(18,19)7-4-5(11)3-6(12)8(7)17/h3-4,17H,1-2H3,(H,14,15). The van der Waals surface area contributed by atoms with Gasteiger partial charge in [0, 0.05) is 12.1 Å². The van der Waals surface area contributed by atoms with E-state index >= 15 is 0 Å². The number of thioether (sulfide) groups is 1. The monoisotopic (exact) mass is 368 g/mol. The zero-order chi connectivity index (χ0) is 15.8. The van der Waals surface area contributed by atoms with Gasteiger partial charge in [0.15, 0.2) is 10.9 Å². The average molecular weight is 369 g/mol. The molecule has 0 bridgehead atoms. The molecule has 0 aliphatic rings. The summed E-state index contributed by atoms with van der Waals surface area (Å²) >= 11 is 12.8. The molecule has 1 aromatic carbocycles. The summed E-state index contributed by atoms with van der Waals surface area (Å²) in [5.41, 5.74) is 0. The molecule has 2 rings (SSSR count). The number of sulfonamides is 1. The number of halogens is 2. The van der Waals surface area contributed by atoms with E-state index in [2.05, 4.69) is 14.8 Å². The number of aromatic hydroxyl groups is 1. The van der Waals surface area contributed by atoms with Crippen LogP contribution in [-0.4, -0.2) is 34.5 Å². The molecular weight excluding hydrogens is 359 g/mol. The highest BCUT2D eigenvalue weighted by Crippen LogP contribution is 2.34. The van der Waals surface area contributed by atoms with E-state index < -0.39 is 20.7 Å². The average Bonchev–Trinajstić information content (AvgIpc) is 2.72. The van der Waals surface area contributed by atoms with Gasteiger partial charge in [0.05, 0.1) is 5.02 Å². The predicted octanol–water partition coefficient (Wildman–Crippen LogP) is 2.35. The Kier molecular flexibility index (Phi) is 4.57. The Hall–Kier alpha value is -1.16. The molecule has 0 spiro atoms. The molecule has 0 aliphatic carbocycles. The van der Waals surface area contributed by atoms with Crippen molar-refractivity contribution in [2.45, 2.75) is 10.1 Å². The molecule has 0 saturated carbocycles. The van der Waals surface area contributed by atoms with Crippen molar-refractivity contribution < 1.29 is 13.5 Å². The number of aromatic nitrogens is 3. The highest BCUT2D eigenvalue weighted by molar-refractivity contribution is 7.98. The molecule has 114 valence electrons. The van der Waals surface area contributed by atoms with E-state index in [-0.39, 0.29) is 16.0 Å². The van der Waals surface area contributed by atoms with Gasteiger partial charge in [0.25, 0.3) is 16.0 Å². The van der Waals surface area contributed by atoms with E-state index in [4.69, 9.17) is 23.2 Å². The summed E-state index contributed by atoms with van der Waals surface area (Å²) < 4.78 is 28.1. The summed E-state index contributed by atoms with van der Waals surface area (Å²) in [6.45, 7) is 0. The number of anilines is 1. The minimum absolute atomic E-state index is 0.0805. The quantitative estimate of drug-likeness (QED) is 0.803. The Balaban J connectivity index is 2.43. The summed E-state index contributed by atoms with van der Waals surface area (Å²) in [6.07, 6.45) is 1.78. The van der Waals surface area contributed by atoms with Crippen molar-refractivity contribution in [2.75, 3.05) is 11.0 Å². The van der Waals surface area contributed by atoms with Gasteiger partial charge in [-0.25, -0.2) is 17.8 Å². The first-order valence-electron chi connectivity index (χ1n) is 5.40. The van der Waals surface area contributed by atoms with E-state index in [9.17, 15) is 13.5 Å². The summed E-state index contributed by atoms with van der Waals surface area (Å²) in [5.74, 6) is -0.702. The second-order valence-electron chi connectivity index (χ2n) is 3.89. The van der Waals surface area contributed by atoms with Crippen LogP contribution in [0.15, 0.2) is 22.2 Å². The van der Waals surface area contributed by atoms with Crippen molar-refractivity contribution in [3.05, 3.63) is 22.2 Å². The van der Waals surface area contributed by atoms with Gasteiger partial charge in [-0.2, -0.15) is 4.98 Å². The van der Waals surface area contributed by atoms with Gasteiger partial charge in [-0.3, -0.25) is 0 Å². The Morgan fingerprint density at radius 1 is 1.38 bits per heavy atom. The van der Waals surface area contributed by atoms with Crippen LogP contribution < -0.4 is 4.72 Å². The molecule has 1 heterocycles. The number of benzene rings is 1. The van der Waals surface area contributed by atoms with E-state index in [1.54, 1.807) is 13.3 Å². The third kappa shape index (κ3) is 3.37. The number of phenolic OH excluding ortho intramolecular Hbond substituents is 1. The first-order valence-corrected chi connectivity index (χ1v) is 8.87. The van der Waals surface area contributed by atoms with Gasteiger partial charge in [-0.05, 0) is 18.4 Å². The fourth-order valence-corrected chi connectivity index (χ4v) is 3.69. The number of aryl methyl sites for hydroxylation is 1. The minimum Gasteiger partial charge on any atom is -0.505 e. The molecule has 0 amide bonds. The molecule has 0 saturated heterocycles. The van der Waals surface area contributed by atoms with Crippen molar-refractivity contribution in [1.29, 1.82) is 0 Å². The first-order chi connectivity index (χ1) is 9.74. The van der Waals surface area contributed by atoms with Crippen LogP contribution in [0.3, 0.4) is 0 Å². The third-order valence-corrected chi connectivity index (χ3v) is 4.98. The number of rotatable bonds is 4. The van der Waals surface area contributed by atoms with Crippen LogP contribution in [0.2, 0.25) is 10.0 Å². The Labute approximate surface area is 135 Å². The first kappa shape index (κ1) is 16.2. The van der Waals surface area contributed by atoms with Gasteiger partial charge in [0.1, 0.15) is 4.90 Å². The minimum atomic E-state index is -4.12. The van der Waals surface area contributed by atoms with Crippen LogP contribution in [0.5, 0.6) is 5.75 Å². The summed E-state index contributed by atoms with van der Waals surface area (Å²) in [7, 11) is -2.49. The normalized spacial score (nSPS) is 11.6. The lowest BCUT2D eigenvalue weighted by molar-refractivity contribution is 0.459. The Morgan fingerprint density at radius 3 is 2.62 bits per heavy atom. The SMILES string of the molecule is CSc1nc(NS(=O)(=O)c2cc(Cl)cc(Cl)c2O)nn1C. The van der Waals surface area contributed by atoms with Crippen molar-refractivity contribution in [1.82, 2.24) is 14.8 Å². The molecule has 1 aromatic heterocycles. The highest BCUT2D eigenvalue weighted by Gasteiger charge is 2.23. The van der Waals surface area contributed by atoms with E-state index in [1.165, 1.54) is 22.5 Å². The molecule has 2 N–H and O–H groups in total. The van der Waals surface area contributed by atoms with Crippen LogP contribution in [-0.2, 0) is 17.1 Å². The highest BCUT2D eigenvalue weighted by atomic mass is 35.5. The van der Waals surface area contributed by atoms with E-state index in [0.29, 0.717) is 5.16 Å². The lowest BCUT2D eigenvalue weighted by Gasteiger charge is -2.08. The zero-order valence-corrected chi connectivity index (χ0v) is 14.0. The number of hydrogen-bond donors (Lipinski definition) is 2. The van der Waals surface area contributed by atoms with Crippen molar-refractivity contribution in [2.24, 2.45) is 7.05 Å². The number of hydrogen-bond acceptors (Lipinski definition) is 6. The molecule has 2 aromatic rings. The lowest BCUT2D eigenvalue weighted by atomic mass is 10.3. The molecule has 7 nitrogen and oxygen atoms in total. The van der Waals surface area contributed by atoms with E-state index in [1.807, 2.05) is 0 Å². The maximum absolute atomic E-state index is 12.3. The molecule has 0 radical (unpaired) electrons. The van der Waals surface area contributed by atoms with Gasteiger partial charge in [-0.1, -0.05) is 35.0 Å². The summed E-state index contributed by atoms with van der Waals surface area (Å²) in [4.78, 5) is 3.54. The van der Waals surface area contributed by atoms with Crippen LogP contribution >= 0.6 is 35.0 Å². The van der Waals surface area contributed by atoms with Crippen molar-refractivity contribution in [3.8, 4) is 5.75 Å². The second-order valence-corrected chi connectivity index (χ2v) is 7.15. The molecule has 0 aliphatic heterocycles. The van der Waals surface area contributed by atoms with Crippen LogP contribution in [0.1, 0.15) is 0 Å². The molecule has 0 unspecified atom stereocenters. The zero-order valence-electron chi connectivity index (χ0n) is 10.8. The second kappa shape index (κ2) is 5.91. The Morgan fingerprint density at radius 2 is 2.05 bits per heavy atom. The molecule has 0 fully saturated rings. The molecular formula is C10H10Cl2N4O3S2. The maximum Gasteiger partial charge on any atom is 0.268 e. The van der Waals surface area contributed by atoms with Gasteiger partial charge in [0.2, 0.25) is 0 Å². The van der Waals surface area contributed by atoms with E-state index in [0.717, 1.165) is 6.07 Å². The largest absolute Gasteiger partial charge is 0.505 e. The molecule has 21 heavy (non-hydrogen) atoms. The maximum atomic E-state index is 12.3. The third-order valence-electron chi connectivity index (χ3n) is 2.41. The topological polar surface area (TPSA) is 97.1 Å². The lowest BCUT2D eigenvalue weighted by Crippen LogP contribution is -2.14. The number of nitrogens with one attached hydrogen (secondary N) is 1. The van der Waals surface area contributed by atoms with Gasteiger partial charge in [-0.15, -0.1) is 5.10 Å². The number of phenols is 1. The van der Waals surface area contributed by atoms with Crippen molar-refractivity contribution in [3.63, 3.8) is 0 Å². The van der Waals surface area contributed by atoms with Crippen LogP contribution in [0, 0.1) is 0 Å². The number of nitrogens with zero attached hydrogens (tertiary/aromatic N) is 3. The van der Waals surface area contributed by atoms with Crippen LogP contribution in [0.25, 0.3) is 0 Å². The van der Waals surface area contributed by atoms with Gasteiger partial charge < -0.3 is 5.11 Å². The smallest absolute Gasteiger partial charge is 0.268 e. The van der Waals surface area contributed by atoms with Crippen LogP contribution in [0.4, 0.5) is 5.95 Å². The summed E-state index contributed by atoms with van der Waals surface area (Å²) in [6, 6.07) is 2.33. The fraction of sp³-hybridized carbons (Fsp3) is 0.200. The summed E-state index contributed by atoms with van der Waals surface area (Å²) in [5, 5.41) is 14.1.